The van der Waals surface area contributed by atoms with Crippen LogP contribution in [-0.2, 0) is 0 Å². The minimum absolute atomic E-state index is 0.180. The van der Waals surface area contributed by atoms with E-state index in [4.69, 9.17) is 9.07 Å². The molecule has 0 fully saturated rings. The van der Waals surface area contributed by atoms with Gasteiger partial charge in [-0.1, -0.05) is 116 Å². The Hall–Kier alpha value is 1.06. The van der Waals surface area contributed by atoms with Gasteiger partial charge in [0, 0.05) is 0 Å². The molecule has 0 heterocycles. The molecule has 0 saturated carbocycles. The molecule has 0 aromatic rings. The molecule has 0 aliphatic heterocycles. The largest absolute Gasteiger partial charge is 0.501 e. The molecule has 21 heavy (non-hydrogen) atoms. The maximum Gasteiger partial charge on any atom is 0.501 e. The number of halogens is 1. The Morgan fingerprint density at radius 3 is 1.05 bits per heavy atom. The molecule has 0 rings (SSSR count). The summed E-state index contributed by atoms with van der Waals surface area (Å²) >= 11 is -0.180. The van der Waals surface area contributed by atoms with Crippen molar-refractivity contribution >= 4 is 28.3 Å². The van der Waals surface area contributed by atoms with Gasteiger partial charge in [0.2, 0.25) is 0 Å². The van der Waals surface area contributed by atoms with Gasteiger partial charge in [-0.25, -0.2) is 0 Å². The highest BCUT2D eigenvalue weighted by molar-refractivity contribution is 6.93. The second-order valence-corrected chi connectivity index (χ2v) is 8.92. The zero-order valence-corrected chi connectivity index (χ0v) is 17.0. The lowest BCUT2D eigenvalue weighted by Gasteiger charge is -2.03. The Balaban J connectivity index is 2.90. The fourth-order valence-electron chi connectivity index (χ4n) is 3.00. The number of hydrogen-bond donors (Lipinski definition) is 0. The van der Waals surface area contributed by atoms with Crippen molar-refractivity contribution in [1.82, 2.24) is 0 Å². The summed E-state index contributed by atoms with van der Waals surface area (Å²) in [6.45, 7) is 2.29. The fourth-order valence-corrected chi connectivity index (χ4v) is 4.11. The van der Waals surface area contributed by atoms with E-state index in [2.05, 4.69) is 6.92 Å². The Morgan fingerprint density at radius 1 is 0.476 bits per heavy atom. The first-order chi connectivity index (χ1) is 10.4. The summed E-state index contributed by atoms with van der Waals surface area (Å²) in [5.41, 5.74) is 0. The van der Waals surface area contributed by atoms with Crippen LogP contribution in [0.1, 0.15) is 116 Å². The molecule has 0 aliphatic rings. The predicted molar refractivity (Wildman–Crippen MR) is 101 cm³/mol. The number of unbranched alkanes of at least 4 members (excludes halogenated alkanes) is 16. The molecular weight excluding hydrogens is 288 g/mol. The lowest BCUT2D eigenvalue weighted by atomic mass is 10.0. The summed E-state index contributed by atoms with van der Waals surface area (Å²) in [5.74, 6) is 0. The third-order valence-electron chi connectivity index (χ3n) is 4.49. The second-order valence-electron chi connectivity index (χ2n) is 6.70. The maximum absolute atomic E-state index is 5.81. The minimum atomic E-state index is -0.180. The first-order valence-electron chi connectivity index (χ1n) is 9.97. The van der Waals surface area contributed by atoms with E-state index in [9.17, 15) is 0 Å². The third-order valence-corrected chi connectivity index (χ3v) is 6.06. The van der Waals surface area contributed by atoms with Crippen molar-refractivity contribution in [2.24, 2.45) is 0 Å². The lowest BCUT2D eigenvalue weighted by Crippen LogP contribution is -1.84. The van der Waals surface area contributed by atoms with Crippen LogP contribution in [0.5, 0.6) is 0 Å². The maximum atomic E-state index is 5.81. The Labute approximate surface area is 148 Å². The predicted octanol–water partition coefficient (Wildman–Crippen LogP) is 7.91. The van der Waals surface area contributed by atoms with E-state index in [1.165, 1.54) is 114 Å². The molecule has 124 valence electrons. The van der Waals surface area contributed by atoms with Crippen LogP contribution >= 0.6 is 9.07 Å². The quantitative estimate of drug-likeness (QED) is 0.177. The van der Waals surface area contributed by atoms with E-state index < -0.39 is 0 Å². The van der Waals surface area contributed by atoms with Crippen LogP contribution in [0.15, 0.2) is 0 Å². The van der Waals surface area contributed by atoms with Crippen molar-refractivity contribution in [3.63, 3.8) is 0 Å². The van der Waals surface area contributed by atoms with E-state index in [0.717, 1.165) is 0 Å². The number of rotatable bonds is 18. The van der Waals surface area contributed by atoms with Gasteiger partial charge < -0.3 is 9.07 Å². The van der Waals surface area contributed by atoms with Gasteiger partial charge in [0.15, 0.2) is 0 Å². The molecule has 0 nitrogen and oxygen atoms in total. The lowest BCUT2D eigenvalue weighted by molar-refractivity contribution is 0.529. The molecule has 0 unspecified atom stereocenters. The van der Waals surface area contributed by atoms with Crippen LogP contribution in [0.3, 0.4) is 0 Å². The van der Waals surface area contributed by atoms with Crippen molar-refractivity contribution in [3.05, 3.63) is 0 Å². The van der Waals surface area contributed by atoms with Crippen LogP contribution in [0, 0.1) is 0 Å². The molecule has 0 radical (unpaired) electrons. The summed E-state index contributed by atoms with van der Waals surface area (Å²) in [4.78, 5) is 0. The number of hydrogen-bond acceptors (Lipinski definition) is 0. The molecule has 0 N–H and O–H groups in total. The van der Waals surface area contributed by atoms with Gasteiger partial charge in [0.05, 0.1) is 0 Å². The average Bonchev–Trinajstić information content (AvgIpc) is 2.50. The highest BCUT2D eigenvalue weighted by atomic mass is 35.5. The zero-order valence-electron chi connectivity index (χ0n) is 14.8. The normalized spacial score (nSPS) is 10.8. The minimum Gasteiger partial charge on any atom is -0.346 e. The molecule has 0 saturated heterocycles. The Bertz CT molecular complexity index is 155. The highest BCUT2D eigenvalue weighted by Gasteiger charge is 1.95. The summed E-state index contributed by atoms with van der Waals surface area (Å²) in [6.07, 6.45) is 24.8. The van der Waals surface area contributed by atoms with Gasteiger partial charge in [0.1, 0.15) is 0 Å². The van der Waals surface area contributed by atoms with Crippen molar-refractivity contribution in [3.8, 4) is 0 Å². The van der Waals surface area contributed by atoms with E-state index in [0.29, 0.717) is 0 Å². The summed E-state index contributed by atoms with van der Waals surface area (Å²) < 4.78 is 1.35. The van der Waals surface area contributed by atoms with Crippen LogP contribution in [0.2, 0.25) is 4.55 Å². The van der Waals surface area contributed by atoms with Gasteiger partial charge in [-0.15, -0.1) is 4.55 Å². The molecule has 0 spiro atoms. The van der Waals surface area contributed by atoms with Crippen molar-refractivity contribution < 1.29 is 0 Å². The molecule has 0 bridgehead atoms. The van der Waals surface area contributed by atoms with Gasteiger partial charge >= 0.3 is 19.3 Å². The van der Waals surface area contributed by atoms with Gasteiger partial charge in [-0.2, -0.15) is 0 Å². The monoisotopic (exact) mass is 326 g/mol. The smallest absolute Gasteiger partial charge is 0.346 e. The Morgan fingerprint density at radius 2 is 0.762 bits per heavy atom. The van der Waals surface area contributed by atoms with Crippen LogP contribution in [0.25, 0.3) is 0 Å². The van der Waals surface area contributed by atoms with Crippen molar-refractivity contribution in [2.45, 2.75) is 121 Å². The molecule has 0 amide bonds. The van der Waals surface area contributed by atoms with Gasteiger partial charge in [0.25, 0.3) is 0 Å². The molecule has 2 heteroatoms. The fraction of sp³-hybridized carbons (Fsp3) is 1.00. The third kappa shape index (κ3) is 21.1. The summed E-state index contributed by atoms with van der Waals surface area (Å²) in [7, 11) is 5.81. The van der Waals surface area contributed by atoms with Crippen molar-refractivity contribution in [2.75, 3.05) is 0 Å². The molecule has 0 aromatic carbocycles. The van der Waals surface area contributed by atoms with Gasteiger partial charge in [-0.3, -0.25) is 0 Å². The van der Waals surface area contributed by atoms with Gasteiger partial charge in [-0.05, 0) is 0 Å². The first kappa shape index (κ1) is 22.1. The van der Waals surface area contributed by atoms with Crippen LogP contribution < -0.4 is 0 Å². The summed E-state index contributed by atoms with van der Waals surface area (Å²) in [5, 5.41) is 0. The standard InChI is InChI=1S/C19H39.ClH.Mg/c1-3-5-7-9-11-13-15-17-19-18-16-14-12-10-8-6-4-2;;/h1,3-19H2,2H3;1H;/q;;+1/p-1. The zero-order chi connectivity index (χ0) is 15.4. The SMILES string of the molecule is CCCCCCCCCCCCCCCCCC[CH2][Mg][Cl]. The van der Waals surface area contributed by atoms with E-state index in [1.54, 1.807) is 0 Å². The summed E-state index contributed by atoms with van der Waals surface area (Å²) in [6, 6.07) is 0. The average molecular weight is 327 g/mol. The molecule has 0 atom stereocenters. The topological polar surface area (TPSA) is 0 Å². The van der Waals surface area contributed by atoms with E-state index in [1.807, 2.05) is 0 Å². The molecule has 0 aromatic heterocycles. The first-order valence-corrected chi connectivity index (χ1v) is 13.1. The molecular formula is C19H39ClMg. The second kappa shape index (κ2) is 21.1. The van der Waals surface area contributed by atoms with Crippen LogP contribution in [0.4, 0.5) is 0 Å². The van der Waals surface area contributed by atoms with Crippen LogP contribution in [-0.4, -0.2) is 19.3 Å². The highest BCUT2D eigenvalue weighted by Crippen LogP contribution is 2.14. The van der Waals surface area contributed by atoms with E-state index >= 15 is 0 Å². The Kier molecular flexibility index (Phi) is 22.1. The van der Waals surface area contributed by atoms with E-state index in [-0.39, 0.29) is 19.3 Å². The van der Waals surface area contributed by atoms with Crippen molar-refractivity contribution in [1.29, 1.82) is 0 Å². The molecule has 0 aliphatic carbocycles.